The lowest BCUT2D eigenvalue weighted by atomic mass is 9.96. The molecule has 2 aliphatic heterocycles. The Balaban J connectivity index is 2.20. The molecule has 2 unspecified atom stereocenters. The van der Waals surface area contributed by atoms with Crippen molar-refractivity contribution in [3.05, 3.63) is 57.4 Å². The predicted molar refractivity (Wildman–Crippen MR) is 80.9 cm³/mol. The largest absolute Gasteiger partial charge is 0.142 e. The molecule has 2 atom stereocenters. The third kappa shape index (κ3) is 0.942. The highest BCUT2D eigenvalue weighted by Crippen LogP contribution is 2.60. The Morgan fingerprint density at radius 1 is 0.889 bits per heavy atom. The van der Waals surface area contributed by atoms with Gasteiger partial charge in [-0.15, -0.1) is 10.5 Å². The normalized spacial score (nSPS) is 24.2. The lowest BCUT2D eigenvalue weighted by Crippen LogP contribution is -1.85. The maximum atomic E-state index is 2.43. The summed E-state index contributed by atoms with van der Waals surface area (Å²) in [5.74, 6) is 0. The zero-order chi connectivity index (χ0) is 11.9. The Labute approximate surface area is 108 Å². The SMILES string of the molecule is CC1C2=Cc3ccc4cccc5ccc(c3c45)=S21. The Bertz CT molecular complexity index is 915. The standard InChI is InChI=1S/C17H12S/c1-10-15-9-13-6-5-11-3-2-4-12-7-8-14(18(10)15)17(13)16(11)12/h2-10H,1H3. The lowest BCUT2D eigenvalue weighted by molar-refractivity contribution is 1.33. The second-order valence-corrected chi connectivity index (χ2v) is 7.49. The van der Waals surface area contributed by atoms with Crippen LogP contribution < -0.4 is 0 Å². The summed E-state index contributed by atoms with van der Waals surface area (Å²) in [4.78, 5) is 1.65. The van der Waals surface area contributed by atoms with E-state index in [0.29, 0.717) is 10.5 Å². The highest BCUT2D eigenvalue weighted by molar-refractivity contribution is 8.21. The molecule has 2 heterocycles. The quantitative estimate of drug-likeness (QED) is 0.388. The number of hydrogen-bond acceptors (Lipinski definition) is 0. The van der Waals surface area contributed by atoms with Crippen LogP contribution in [0.1, 0.15) is 12.5 Å². The zero-order valence-electron chi connectivity index (χ0n) is 10.1. The fourth-order valence-electron chi connectivity index (χ4n) is 3.32. The van der Waals surface area contributed by atoms with E-state index in [0.717, 1.165) is 5.25 Å². The van der Waals surface area contributed by atoms with Gasteiger partial charge in [0.25, 0.3) is 0 Å². The molecule has 3 aromatic rings. The first-order valence-electron chi connectivity index (χ1n) is 6.40. The minimum atomic E-state index is 0.412. The molecule has 5 rings (SSSR count). The molecule has 3 aromatic carbocycles. The molecular weight excluding hydrogens is 236 g/mol. The summed E-state index contributed by atoms with van der Waals surface area (Å²) in [6, 6.07) is 15.8. The van der Waals surface area contributed by atoms with Gasteiger partial charge >= 0.3 is 0 Å². The maximum absolute atomic E-state index is 2.43. The van der Waals surface area contributed by atoms with E-state index in [-0.39, 0.29) is 0 Å². The first kappa shape index (κ1) is 9.35. The van der Waals surface area contributed by atoms with Crippen molar-refractivity contribution in [2.75, 3.05) is 0 Å². The predicted octanol–water partition coefficient (Wildman–Crippen LogP) is 4.99. The smallest absolute Gasteiger partial charge is 0.0322 e. The van der Waals surface area contributed by atoms with Crippen molar-refractivity contribution in [3.63, 3.8) is 0 Å². The average Bonchev–Trinajstić information content (AvgIpc) is 3.06. The van der Waals surface area contributed by atoms with Gasteiger partial charge in [0.1, 0.15) is 0 Å². The van der Waals surface area contributed by atoms with Gasteiger partial charge in [-0.2, -0.15) is 0 Å². The Morgan fingerprint density at radius 3 is 2.50 bits per heavy atom. The van der Waals surface area contributed by atoms with Crippen molar-refractivity contribution in [1.82, 2.24) is 0 Å². The van der Waals surface area contributed by atoms with Crippen molar-refractivity contribution < 1.29 is 0 Å². The first-order valence-corrected chi connectivity index (χ1v) is 7.69. The van der Waals surface area contributed by atoms with Crippen molar-refractivity contribution in [2.45, 2.75) is 12.2 Å². The molecule has 1 fully saturated rings. The van der Waals surface area contributed by atoms with Crippen molar-refractivity contribution in [1.29, 1.82) is 0 Å². The molecule has 0 radical (unpaired) electrons. The molecule has 0 amide bonds. The van der Waals surface area contributed by atoms with Crippen molar-refractivity contribution in [3.8, 4) is 0 Å². The second-order valence-electron chi connectivity index (χ2n) is 5.20. The Hall–Kier alpha value is -1.60. The molecule has 0 bridgehead atoms. The first-order chi connectivity index (χ1) is 8.84. The van der Waals surface area contributed by atoms with E-state index >= 15 is 0 Å². The van der Waals surface area contributed by atoms with Gasteiger partial charge < -0.3 is 0 Å². The van der Waals surface area contributed by atoms with Crippen LogP contribution >= 0.6 is 10.5 Å². The summed E-state index contributed by atoms with van der Waals surface area (Å²) in [7, 11) is 0.412. The van der Waals surface area contributed by atoms with E-state index in [1.165, 1.54) is 27.1 Å². The summed E-state index contributed by atoms with van der Waals surface area (Å²) in [6.45, 7) is 2.36. The van der Waals surface area contributed by atoms with Crippen LogP contribution in [0.15, 0.2) is 47.4 Å². The van der Waals surface area contributed by atoms with Gasteiger partial charge in [-0.1, -0.05) is 36.4 Å². The van der Waals surface area contributed by atoms with E-state index in [4.69, 9.17) is 0 Å². The fraction of sp³-hybridized carbons (Fsp3) is 0.118. The van der Waals surface area contributed by atoms with E-state index in [1.54, 1.807) is 9.42 Å². The molecule has 18 heavy (non-hydrogen) atoms. The van der Waals surface area contributed by atoms with Crippen LogP contribution in [0.3, 0.4) is 0 Å². The van der Waals surface area contributed by atoms with Gasteiger partial charge in [-0.25, -0.2) is 0 Å². The van der Waals surface area contributed by atoms with Crippen LogP contribution in [0.5, 0.6) is 0 Å². The number of rotatable bonds is 0. The third-order valence-electron chi connectivity index (χ3n) is 4.26. The zero-order valence-corrected chi connectivity index (χ0v) is 10.9. The van der Waals surface area contributed by atoms with Gasteiger partial charge in [0, 0.05) is 15.1 Å². The van der Waals surface area contributed by atoms with Crippen LogP contribution in [-0.4, -0.2) is 5.25 Å². The number of hydrogen-bond donors (Lipinski definition) is 0. The van der Waals surface area contributed by atoms with E-state index in [1.807, 2.05) is 0 Å². The highest BCUT2D eigenvalue weighted by atomic mass is 32.2. The van der Waals surface area contributed by atoms with Crippen LogP contribution in [0.4, 0.5) is 0 Å². The summed E-state index contributed by atoms with van der Waals surface area (Å²) < 4.78 is 1.58. The van der Waals surface area contributed by atoms with Crippen LogP contribution in [0.25, 0.3) is 27.6 Å². The minimum absolute atomic E-state index is 0.412. The van der Waals surface area contributed by atoms with Crippen LogP contribution in [0.2, 0.25) is 0 Å². The van der Waals surface area contributed by atoms with Gasteiger partial charge in [-0.05, 0) is 45.7 Å². The Kier molecular flexibility index (Phi) is 1.49. The van der Waals surface area contributed by atoms with E-state index in [9.17, 15) is 0 Å². The summed E-state index contributed by atoms with van der Waals surface area (Å²) in [5.41, 5.74) is 1.43. The van der Waals surface area contributed by atoms with Gasteiger partial charge in [0.15, 0.2) is 0 Å². The van der Waals surface area contributed by atoms with E-state index < -0.39 is 0 Å². The van der Waals surface area contributed by atoms with Gasteiger partial charge in [0.05, 0.1) is 0 Å². The summed E-state index contributed by atoms with van der Waals surface area (Å²) in [6.07, 6.45) is 2.43. The molecule has 2 aliphatic rings. The second kappa shape index (κ2) is 2.86. The highest BCUT2D eigenvalue weighted by Gasteiger charge is 2.34. The average molecular weight is 248 g/mol. The molecule has 0 spiro atoms. The molecule has 0 saturated carbocycles. The van der Waals surface area contributed by atoms with Crippen molar-refractivity contribution >= 4 is 38.1 Å². The fourth-order valence-corrected chi connectivity index (χ4v) is 5.65. The van der Waals surface area contributed by atoms with Gasteiger partial charge in [0.2, 0.25) is 0 Å². The minimum Gasteiger partial charge on any atom is -0.142 e. The molecule has 0 N–H and O–H groups in total. The lowest BCUT2D eigenvalue weighted by Gasteiger charge is -2.10. The third-order valence-corrected chi connectivity index (χ3v) is 6.76. The molecule has 1 saturated heterocycles. The van der Waals surface area contributed by atoms with Crippen molar-refractivity contribution in [2.24, 2.45) is 0 Å². The molecule has 1 heteroatoms. The number of benzene rings is 3. The topological polar surface area (TPSA) is 0 Å². The molecule has 86 valence electrons. The summed E-state index contributed by atoms with van der Waals surface area (Å²) in [5, 5.41) is 6.51. The number of fused-ring (bicyclic) bond motifs is 1. The summed E-state index contributed by atoms with van der Waals surface area (Å²) >= 11 is 0. The van der Waals surface area contributed by atoms with Crippen LogP contribution in [0, 0.1) is 4.51 Å². The molecular formula is C17H12S. The van der Waals surface area contributed by atoms with E-state index in [2.05, 4.69) is 55.5 Å². The molecule has 0 aromatic heterocycles. The Morgan fingerprint density at radius 2 is 1.67 bits per heavy atom. The van der Waals surface area contributed by atoms with Crippen LogP contribution in [-0.2, 0) is 0 Å². The monoisotopic (exact) mass is 248 g/mol. The van der Waals surface area contributed by atoms with Gasteiger partial charge in [-0.3, -0.25) is 0 Å². The molecule has 0 nitrogen and oxygen atoms in total. The molecule has 0 aliphatic carbocycles. The maximum Gasteiger partial charge on any atom is 0.0322 e.